The summed E-state index contributed by atoms with van der Waals surface area (Å²) >= 11 is 0. The fourth-order valence-corrected chi connectivity index (χ4v) is 1.40. The third-order valence-corrected chi connectivity index (χ3v) is 2.25. The van der Waals surface area contributed by atoms with E-state index in [2.05, 4.69) is 5.10 Å². The van der Waals surface area contributed by atoms with E-state index < -0.39 is 0 Å². The van der Waals surface area contributed by atoms with E-state index in [-0.39, 0.29) is 5.91 Å². The monoisotopic (exact) mass is 210 g/mol. The molecule has 0 spiro atoms. The second-order valence-electron chi connectivity index (χ2n) is 3.43. The van der Waals surface area contributed by atoms with Gasteiger partial charge in [0.2, 0.25) is 0 Å². The first kappa shape index (κ1) is 11.7. The van der Waals surface area contributed by atoms with E-state index in [9.17, 15) is 4.79 Å². The molecule has 0 saturated carbocycles. The summed E-state index contributed by atoms with van der Waals surface area (Å²) in [6.45, 7) is 3.98. The van der Waals surface area contributed by atoms with Gasteiger partial charge in [-0.2, -0.15) is 5.10 Å². The molecule has 0 radical (unpaired) electrons. The van der Waals surface area contributed by atoms with E-state index in [1.54, 1.807) is 29.0 Å². The Labute approximate surface area is 89.9 Å². The molecule has 1 amide bonds. The minimum absolute atomic E-state index is 0.0269. The molecule has 0 unspecified atom stereocenters. The Morgan fingerprint density at radius 3 is 2.87 bits per heavy atom. The van der Waals surface area contributed by atoms with Crippen molar-refractivity contribution in [3.05, 3.63) is 18.0 Å². The predicted octanol–water partition coefficient (Wildman–Crippen LogP) is 0.231. The highest BCUT2D eigenvalue weighted by Crippen LogP contribution is 2.03. The number of nitrogens with two attached hydrogens (primary N) is 1. The van der Waals surface area contributed by atoms with E-state index in [1.165, 1.54) is 0 Å². The number of nitrogens with zero attached hydrogens (tertiary/aromatic N) is 3. The SMILES string of the molecule is CCN(CCCN)C(=O)c1cnn(C)c1. The molecular weight excluding hydrogens is 192 g/mol. The summed E-state index contributed by atoms with van der Waals surface area (Å²) < 4.78 is 1.63. The maximum Gasteiger partial charge on any atom is 0.257 e. The van der Waals surface area contributed by atoms with Crippen molar-refractivity contribution in [2.45, 2.75) is 13.3 Å². The minimum Gasteiger partial charge on any atom is -0.339 e. The molecule has 0 atom stereocenters. The first-order valence-corrected chi connectivity index (χ1v) is 5.17. The van der Waals surface area contributed by atoms with Crippen LogP contribution in [0.5, 0.6) is 0 Å². The molecule has 0 aliphatic heterocycles. The molecule has 0 saturated heterocycles. The number of rotatable bonds is 5. The van der Waals surface area contributed by atoms with Gasteiger partial charge in [0.1, 0.15) is 0 Å². The number of hydrogen-bond donors (Lipinski definition) is 1. The van der Waals surface area contributed by atoms with Gasteiger partial charge >= 0.3 is 0 Å². The summed E-state index contributed by atoms with van der Waals surface area (Å²) in [5.74, 6) is 0.0269. The van der Waals surface area contributed by atoms with Crippen LogP contribution in [0.2, 0.25) is 0 Å². The van der Waals surface area contributed by atoms with Crippen LogP contribution in [0.1, 0.15) is 23.7 Å². The Kier molecular flexibility index (Phi) is 4.30. The van der Waals surface area contributed by atoms with Gasteiger partial charge in [-0.25, -0.2) is 0 Å². The average molecular weight is 210 g/mol. The predicted molar refractivity (Wildman–Crippen MR) is 58.5 cm³/mol. The molecule has 5 nitrogen and oxygen atoms in total. The zero-order valence-electron chi connectivity index (χ0n) is 9.31. The second kappa shape index (κ2) is 5.50. The van der Waals surface area contributed by atoms with Crippen LogP contribution in [-0.4, -0.2) is 40.2 Å². The molecule has 0 aliphatic rings. The smallest absolute Gasteiger partial charge is 0.257 e. The number of aryl methyl sites for hydroxylation is 1. The van der Waals surface area contributed by atoms with Crippen LogP contribution in [0.25, 0.3) is 0 Å². The summed E-state index contributed by atoms with van der Waals surface area (Å²) in [5.41, 5.74) is 6.06. The van der Waals surface area contributed by atoms with Gasteiger partial charge in [-0.3, -0.25) is 9.48 Å². The third kappa shape index (κ3) is 3.06. The lowest BCUT2D eigenvalue weighted by molar-refractivity contribution is 0.0763. The van der Waals surface area contributed by atoms with Crippen molar-refractivity contribution in [3.8, 4) is 0 Å². The lowest BCUT2D eigenvalue weighted by atomic mass is 10.3. The van der Waals surface area contributed by atoms with Gasteiger partial charge in [0.25, 0.3) is 5.91 Å². The first-order chi connectivity index (χ1) is 7.19. The van der Waals surface area contributed by atoms with Gasteiger partial charge in [-0.05, 0) is 19.9 Å². The van der Waals surface area contributed by atoms with Gasteiger partial charge in [0.15, 0.2) is 0 Å². The second-order valence-corrected chi connectivity index (χ2v) is 3.43. The standard InChI is InChI=1S/C10H18N4O/c1-3-14(6-4-5-11)10(15)9-7-12-13(2)8-9/h7-8H,3-6,11H2,1-2H3. The summed E-state index contributed by atoms with van der Waals surface area (Å²) in [4.78, 5) is 13.7. The van der Waals surface area contributed by atoms with Gasteiger partial charge in [-0.1, -0.05) is 0 Å². The van der Waals surface area contributed by atoms with E-state index >= 15 is 0 Å². The zero-order valence-corrected chi connectivity index (χ0v) is 9.31. The van der Waals surface area contributed by atoms with E-state index in [1.807, 2.05) is 6.92 Å². The van der Waals surface area contributed by atoms with Crippen LogP contribution in [0.3, 0.4) is 0 Å². The Morgan fingerprint density at radius 2 is 2.40 bits per heavy atom. The van der Waals surface area contributed by atoms with E-state index in [4.69, 9.17) is 5.73 Å². The number of aromatic nitrogens is 2. The molecule has 0 bridgehead atoms. The highest BCUT2D eigenvalue weighted by atomic mass is 16.2. The first-order valence-electron chi connectivity index (χ1n) is 5.17. The molecular formula is C10H18N4O. The molecule has 84 valence electrons. The molecule has 15 heavy (non-hydrogen) atoms. The lowest BCUT2D eigenvalue weighted by Crippen LogP contribution is -2.32. The molecule has 1 heterocycles. The average Bonchev–Trinajstić information content (AvgIpc) is 2.65. The van der Waals surface area contributed by atoms with Crippen molar-refractivity contribution < 1.29 is 4.79 Å². The quantitative estimate of drug-likeness (QED) is 0.756. The normalized spacial score (nSPS) is 10.3. The maximum absolute atomic E-state index is 11.9. The zero-order chi connectivity index (χ0) is 11.3. The summed E-state index contributed by atoms with van der Waals surface area (Å²) in [6, 6.07) is 0. The molecule has 1 rings (SSSR count). The summed E-state index contributed by atoms with van der Waals surface area (Å²) in [5, 5.41) is 3.98. The number of amides is 1. The fourth-order valence-electron chi connectivity index (χ4n) is 1.40. The van der Waals surface area contributed by atoms with Crippen molar-refractivity contribution in [3.63, 3.8) is 0 Å². The van der Waals surface area contributed by atoms with Crippen LogP contribution >= 0.6 is 0 Å². The Morgan fingerprint density at radius 1 is 1.67 bits per heavy atom. The Bertz CT molecular complexity index is 321. The van der Waals surface area contributed by atoms with Crippen LogP contribution in [0.15, 0.2) is 12.4 Å². The van der Waals surface area contributed by atoms with Crippen LogP contribution in [0.4, 0.5) is 0 Å². The van der Waals surface area contributed by atoms with E-state index in [0.29, 0.717) is 25.2 Å². The Balaban J connectivity index is 2.64. The van der Waals surface area contributed by atoms with Crippen molar-refractivity contribution in [2.75, 3.05) is 19.6 Å². The van der Waals surface area contributed by atoms with Crippen LogP contribution in [0, 0.1) is 0 Å². The van der Waals surface area contributed by atoms with Gasteiger partial charge in [0, 0.05) is 26.3 Å². The number of carbonyl (C=O) groups is 1. The van der Waals surface area contributed by atoms with Gasteiger partial charge in [0.05, 0.1) is 11.8 Å². The lowest BCUT2D eigenvalue weighted by Gasteiger charge is -2.19. The van der Waals surface area contributed by atoms with Crippen LogP contribution in [-0.2, 0) is 7.05 Å². The molecule has 5 heteroatoms. The molecule has 0 aliphatic carbocycles. The molecule has 1 aromatic heterocycles. The van der Waals surface area contributed by atoms with Crippen molar-refractivity contribution in [1.82, 2.24) is 14.7 Å². The fraction of sp³-hybridized carbons (Fsp3) is 0.600. The minimum atomic E-state index is 0.0269. The third-order valence-electron chi connectivity index (χ3n) is 2.25. The van der Waals surface area contributed by atoms with Crippen molar-refractivity contribution in [2.24, 2.45) is 12.8 Å². The van der Waals surface area contributed by atoms with Gasteiger partial charge in [-0.15, -0.1) is 0 Å². The summed E-state index contributed by atoms with van der Waals surface area (Å²) in [7, 11) is 1.80. The topological polar surface area (TPSA) is 64.2 Å². The molecule has 0 fully saturated rings. The van der Waals surface area contributed by atoms with E-state index in [0.717, 1.165) is 6.42 Å². The molecule has 2 N–H and O–H groups in total. The highest BCUT2D eigenvalue weighted by Gasteiger charge is 2.14. The summed E-state index contributed by atoms with van der Waals surface area (Å²) in [6.07, 6.45) is 4.15. The number of carbonyl (C=O) groups excluding carboxylic acids is 1. The molecule has 1 aromatic rings. The number of hydrogen-bond acceptors (Lipinski definition) is 3. The Hall–Kier alpha value is -1.36. The van der Waals surface area contributed by atoms with Crippen LogP contribution < -0.4 is 5.73 Å². The van der Waals surface area contributed by atoms with Gasteiger partial charge < -0.3 is 10.6 Å². The van der Waals surface area contributed by atoms with Crippen molar-refractivity contribution in [1.29, 1.82) is 0 Å². The van der Waals surface area contributed by atoms with Crippen molar-refractivity contribution >= 4 is 5.91 Å². The largest absolute Gasteiger partial charge is 0.339 e. The molecule has 0 aromatic carbocycles. The highest BCUT2D eigenvalue weighted by molar-refractivity contribution is 5.93. The maximum atomic E-state index is 11.9.